The number of fused-ring (bicyclic) bond motifs is 1. The summed E-state index contributed by atoms with van der Waals surface area (Å²) in [6.07, 6.45) is 0.162. The zero-order valence-corrected chi connectivity index (χ0v) is 13.0. The van der Waals surface area contributed by atoms with Crippen LogP contribution in [0.2, 0.25) is 0 Å². The third-order valence-electron chi connectivity index (χ3n) is 3.14. The number of anilines is 2. The quantitative estimate of drug-likeness (QED) is 0.731. The summed E-state index contributed by atoms with van der Waals surface area (Å²) >= 11 is 0. The molecule has 0 saturated carbocycles. The molecule has 0 unspecified atom stereocenters. The van der Waals surface area contributed by atoms with Crippen molar-refractivity contribution in [2.24, 2.45) is 5.41 Å². The molecule has 2 rings (SSSR count). The van der Waals surface area contributed by atoms with Gasteiger partial charge < -0.3 is 25.8 Å². The maximum Gasteiger partial charge on any atom is 0.231 e. The molecule has 2 amide bonds. The Morgan fingerprint density at radius 1 is 1.23 bits per heavy atom. The van der Waals surface area contributed by atoms with E-state index in [1.165, 1.54) is 0 Å². The number of nitrogens with one attached hydrogen (secondary N) is 2. The number of amides is 2. The molecule has 0 aromatic heterocycles. The fraction of sp³-hybridized carbons (Fsp3) is 0.467. The Hall–Kier alpha value is -2.44. The van der Waals surface area contributed by atoms with Gasteiger partial charge in [0.2, 0.25) is 18.6 Å². The van der Waals surface area contributed by atoms with Crippen LogP contribution in [0.25, 0.3) is 0 Å². The van der Waals surface area contributed by atoms with E-state index < -0.39 is 5.41 Å². The van der Waals surface area contributed by atoms with Crippen molar-refractivity contribution in [1.29, 1.82) is 0 Å². The number of ether oxygens (including phenoxy) is 2. The minimum absolute atomic E-state index is 0.0945. The Kier molecular flexibility index (Phi) is 4.44. The molecule has 1 heterocycles. The molecule has 22 heavy (non-hydrogen) atoms. The molecule has 0 bridgehead atoms. The van der Waals surface area contributed by atoms with Crippen molar-refractivity contribution >= 4 is 23.2 Å². The molecule has 0 radical (unpaired) electrons. The Labute approximate surface area is 129 Å². The summed E-state index contributed by atoms with van der Waals surface area (Å²) in [6.45, 7) is 5.86. The lowest BCUT2D eigenvalue weighted by atomic mass is 9.96. The van der Waals surface area contributed by atoms with E-state index in [2.05, 4.69) is 10.6 Å². The van der Waals surface area contributed by atoms with E-state index in [0.717, 1.165) is 0 Å². The van der Waals surface area contributed by atoms with Crippen LogP contribution in [-0.4, -0.2) is 25.2 Å². The zero-order valence-electron chi connectivity index (χ0n) is 13.0. The molecular weight excluding hydrogens is 286 g/mol. The molecule has 7 nitrogen and oxygen atoms in total. The number of carbonyl (C=O) groups excluding carboxylic acids is 2. The first-order valence-electron chi connectivity index (χ1n) is 7.04. The van der Waals surface area contributed by atoms with Crippen LogP contribution in [0.4, 0.5) is 11.4 Å². The summed E-state index contributed by atoms with van der Waals surface area (Å²) in [5.41, 5.74) is 6.25. The largest absolute Gasteiger partial charge is 0.454 e. The number of rotatable bonds is 4. The van der Waals surface area contributed by atoms with Crippen LogP contribution in [-0.2, 0) is 9.59 Å². The second-order valence-electron chi connectivity index (χ2n) is 6.10. The van der Waals surface area contributed by atoms with Gasteiger partial charge in [-0.15, -0.1) is 0 Å². The summed E-state index contributed by atoms with van der Waals surface area (Å²) in [7, 11) is 0. The van der Waals surface area contributed by atoms with Crippen molar-refractivity contribution in [2.45, 2.75) is 27.2 Å². The van der Waals surface area contributed by atoms with Gasteiger partial charge in [-0.25, -0.2) is 0 Å². The molecule has 0 atom stereocenters. The second kappa shape index (κ2) is 6.13. The van der Waals surface area contributed by atoms with E-state index in [0.29, 0.717) is 22.9 Å². The van der Waals surface area contributed by atoms with Gasteiger partial charge in [-0.05, 0) is 0 Å². The molecule has 1 aliphatic rings. The van der Waals surface area contributed by atoms with Gasteiger partial charge in [0.25, 0.3) is 0 Å². The first-order valence-corrected chi connectivity index (χ1v) is 7.04. The van der Waals surface area contributed by atoms with E-state index in [4.69, 9.17) is 15.2 Å². The van der Waals surface area contributed by atoms with Gasteiger partial charge in [-0.3, -0.25) is 9.59 Å². The van der Waals surface area contributed by atoms with Gasteiger partial charge in [0.05, 0.1) is 11.4 Å². The summed E-state index contributed by atoms with van der Waals surface area (Å²) < 4.78 is 10.4. The minimum Gasteiger partial charge on any atom is -0.454 e. The molecule has 0 fully saturated rings. The number of nitrogens with two attached hydrogens (primary N) is 1. The molecule has 1 aromatic rings. The fourth-order valence-corrected chi connectivity index (χ4v) is 1.83. The molecule has 120 valence electrons. The predicted octanol–water partition coefficient (Wildman–Crippen LogP) is 1.49. The lowest BCUT2D eigenvalue weighted by molar-refractivity contribution is -0.128. The van der Waals surface area contributed by atoms with E-state index in [9.17, 15) is 9.59 Å². The maximum atomic E-state index is 11.9. The average molecular weight is 307 g/mol. The first kappa shape index (κ1) is 15.9. The van der Waals surface area contributed by atoms with Gasteiger partial charge in [0, 0.05) is 30.5 Å². The topological polar surface area (TPSA) is 103 Å². The van der Waals surface area contributed by atoms with Gasteiger partial charge in [-0.1, -0.05) is 20.8 Å². The molecule has 1 aromatic carbocycles. The predicted molar refractivity (Wildman–Crippen MR) is 82.7 cm³/mol. The van der Waals surface area contributed by atoms with Crippen molar-refractivity contribution in [2.75, 3.05) is 24.4 Å². The van der Waals surface area contributed by atoms with Crippen molar-refractivity contribution in [3.8, 4) is 11.5 Å². The molecule has 0 saturated heterocycles. The van der Waals surface area contributed by atoms with Gasteiger partial charge in [-0.2, -0.15) is 0 Å². The maximum absolute atomic E-state index is 11.9. The van der Waals surface area contributed by atoms with Crippen LogP contribution in [0.1, 0.15) is 27.2 Å². The molecule has 7 heteroatoms. The molecule has 1 aliphatic heterocycles. The normalized spacial score (nSPS) is 12.9. The van der Waals surface area contributed by atoms with Crippen LogP contribution in [0.3, 0.4) is 0 Å². The lowest BCUT2D eigenvalue weighted by Gasteiger charge is -2.17. The highest BCUT2D eigenvalue weighted by Crippen LogP contribution is 2.38. The number of hydrogen-bond acceptors (Lipinski definition) is 5. The van der Waals surface area contributed by atoms with Crippen LogP contribution >= 0.6 is 0 Å². The Morgan fingerprint density at radius 3 is 2.50 bits per heavy atom. The molecule has 0 aliphatic carbocycles. The summed E-state index contributed by atoms with van der Waals surface area (Å²) in [4.78, 5) is 23.6. The highest BCUT2D eigenvalue weighted by molar-refractivity contribution is 5.95. The van der Waals surface area contributed by atoms with Crippen LogP contribution in [0.15, 0.2) is 12.1 Å². The monoisotopic (exact) mass is 307 g/mol. The summed E-state index contributed by atoms with van der Waals surface area (Å²) in [5.74, 6) is 0.779. The zero-order chi connectivity index (χ0) is 16.3. The Balaban J connectivity index is 1.86. The summed E-state index contributed by atoms with van der Waals surface area (Å²) in [5, 5.41) is 5.42. The average Bonchev–Trinajstić information content (AvgIpc) is 2.85. The lowest BCUT2D eigenvalue weighted by Crippen LogP contribution is -2.36. The smallest absolute Gasteiger partial charge is 0.231 e. The van der Waals surface area contributed by atoms with Crippen molar-refractivity contribution in [3.63, 3.8) is 0 Å². The Bertz CT molecular complexity index is 593. The van der Waals surface area contributed by atoms with Gasteiger partial charge in [0.15, 0.2) is 11.5 Å². The standard InChI is InChI=1S/C15H21N3O4/c1-15(2,3)14(20)17-5-4-13(19)18-10-7-12-11(6-9(10)16)21-8-22-12/h6-7H,4-5,8,16H2,1-3H3,(H,17,20)(H,18,19). The minimum atomic E-state index is -0.474. The first-order chi connectivity index (χ1) is 10.3. The molecule has 0 spiro atoms. The van der Waals surface area contributed by atoms with Gasteiger partial charge in [0.1, 0.15) is 0 Å². The van der Waals surface area contributed by atoms with Crippen molar-refractivity contribution < 1.29 is 19.1 Å². The van der Waals surface area contributed by atoms with Crippen LogP contribution in [0.5, 0.6) is 11.5 Å². The highest BCUT2D eigenvalue weighted by Gasteiger charge is 2.21. The fourth-order valence-electron chi connectivity index (χ4n) is 1.83. The third-order valence-corrected chi connectivity index (χ3v) is 3.14. The van der Waals surface area contributed by atoms with Crippen LogP contribution in [0, 0.1) is 5.41 Å². The van der Waals surface area contributed by atoms with E-state index in [1.54, 1.807) is 12.1 Å². The van der Waals surface area contributed by atoms with E-state index in [-0.39, 0.29) is 31.6 Å². The number of hydrogen-bond donors (Lipinski definition) is 3. The van der Waals surface area contributed by atoms with Gasteiger partial charge >= 0.3 is 0 Å². The van der Waals surface area contributed by atoms with Crippen molar-refractivity contribution in [3.05, 3.63) is 12.1 Å². The van der Waals surface area contributed by atoms with Crippen LogP contribution < -0.4 is 25.8 Å². The highest BCUT2D eigenvalue weighted by atomic mass is 16.7. The van der Waals surface area contributed by atoms with E-state index >= 15 is 0 Å². The van der Waals surface area contributed by atoms with Crippen molar-refractivity contribution in [1.82, 2.24) is 5.32 Å². The molecule has 4 N–H and O–H groups in total. The SMILES string of the molecule is CC(C)(C)C(=O)NCCC(=O)Nc1cc2c(cc1N)OCO2. The number of benzene rings is 1. The Morgan fingerprint density at radius 2 is 1.86 bits per heavy atom. The number of carbonyl (C=O) groups is 2. The third kappa shape index (κ3) is 3.81. The van der Waals surface area contributed by atoms with E-state index in [1.807, 2.05) is 20.8 Å². The number of nitrogen functional groups attached to an aromatic ring is 1. The molecular formula is C15H21N3O4. The second-order valence-corrected chi connectivity index (χ2v) is 6.10. The summed E-state index contributed by atoms with van der Waals surface area (Å²) in [6, 6.07) is 3.24.